The maximum absolute atomic E-state index is 11.8. The molecule has 0 bridgehead atoms. The van der Waals surface area contributed by atoms with Gasteiger partial charge in [0, 0.05) is 25.4 Å². The lowest BCUT2D eigenvalue weighted by Gasteiger charge is -2.06. The van der Waals surface area contributed by atoms with E-state index in [9.17, 15) is 4.79 Å². The highest BCUT2D eigenvalue weighted by atomic mass is 79.9. The number of ketones is 1. The number of hydrogen-bond acceptors (Lipinski definition) is 3. The van der Waals surface area contributed by atoms with E-state index in [1.54, 1.807) is 0 Å². The van der Waals surface area contributed by atoms with E-state index in [4.69, 9.17) is 5.73 Å². The van der Waals surface area contributed by atoms with Crippen LogP contribution in [0.4, 0.5) is 0 Å². The number of Topliss-reactive ketones (excluding diaryl/α,β-unsaturated/α-hetero) is 1. The highest BCUT2D eigenvalue weighted by Crippen LogP contribution is 2.23. The standard InChI is InChI=1S/C12H20BrN3O/c1-4-10-12(13)11(16(5-2)15-10)7-9(17)6-8(3)14/h8H,4-7,14H2,1-3H3. The third kappa shape index (κ3) is 3.64. The molecular weight excluding hydrogens is 282 g/mol. The van der Waals surface area contributed by atoms with Crippen LogP contribution in [0.25, 0.3) is 0 Å². The molecule has 2 N–H and O–H groups in total. The zero-order chi connectivity index (χ0) is 13.0. The molecule has 0 saturated carbocycles. The summed E-state index contributed by atoms with van der Waals surface area (Å²) in [5.74, 6) is 0.165. The number of nitrogens with zero attached hydrogens (tertiary/aromatic N) is 2. The first-order valence-corrected chi connectivity index (χ1v) is 6.80. The Hall–Kier alpha value is -0.680. The molecule has 1 aromatic heterocycles. The molecule has 0 aromatic carbocycles. The van der Waals surface area contributed by atoms with Crippen molar-refractivity contribution >= 4 is 21.7 Å². The van der Waals surface area contributed by atoms with E-state index in [-0.39, 0.29) is 11.8 Å². The molecule has 1 heterocycles. The second kappa shape index (κ2) is 6.31. The third-order valence-electron chi connectivity index (χ3n) is 2.61. The average Bonchev–Trinajstić information content (AvgIpc) is 2.55. The van der Waals surface area contributed by atoms with Crippen molar-refractivity contribution in [3.63, 3.8) is 0 Å². The Bertz CT molecular complexity index is 399. The Morgan fingerprint density at radius 1 is 1.53 bits per heavy atom. The second-order valence-corrected chi connectivity index (χ2v) is 5.07. The Labute approximate surface area is 111 Å². The van der Waals surface area contributed by atoms with E-state index in [1.807, 2.05) is 18.5 Å². The maximum atomic E-state index is 11.8. The van der Waals surface area contributed by atoms with Crippen molar-refractivity contribution in [1.82, 2.24) is 9.78 Å². The minimum Gasteiger partial charge on any atom is -0.328 e. The smallest absolute Gasteiger partial charge is 0.140 e. The van der Waals surface area contributed by atoms with Gasteiger partial charge in [-0.05, 0) is 36.2 Å². The van der Waals surface area contributed by atoms with Crippen molar-refractivity contribution < 1.29 is 4.79 Å². The fraction of sp³-hybridized carbons (Fsp3) is 0.667. The van der Waals surface area contributed by atoms with Crippen LogP contribution in [0.2, 0.25) is 0 Å². The maximum Gasteiger partial charge on any atom is 0.140 e. The lowest BCUT2D eigenvalue weighted by molar-refractivity contribution is -0.118. The number of halogens is 1. The Morgan fingerprint density at radius 2 is 2.18 bits per heavy atom. The summed E-state index contributed by atoms with van der Waals surface area (Å²) in [6.45, 7) is 6.71. The van der Waals surface area contributed by atoms with Crippen LogP contribution in [-0.2, 0) is 24.2 Å². The van der Waals surface area contributed by atoms with Gasteiger partial charge >= 0.3 is 0 Å². The van der Waals surface area contributed by atoms with Gasteiger partial charge in [-0.15, -0.1) is 0 Å². The molecule has 0 fully saturated rings. The van der Waals surface area contributed by atoms with Crippen LogP contribution in [0.15, 0.2) is 4.47 Å². The number of aryl methyl sites for hydroxylation is 2. The zero-order valence-electron chi connectivity index (χ0n) is 10.7. The fourth-order valence-corrected chi connectivity index (χ4v) is 2.51. The summed E-state index contributed by atoms with van der Waals surface area (Å²) < 4.78 is 2.86. The topological polar surface area (TPSA) is 60.9 Å². The Morgan fingerprint density at radius 3 is 2.65 bits per heavy atom. The highest BCUT2D eigenvalue weighted by Gasteiger charge is 2.17. The van der Waals surface area contributed by atoms with Gasteiger partial charge < -0.3 is 5.73 Å². The summed E-state index contributed by atoms with van der Waals surface area (Å²) in [7, 11) is 0. The Balaban J connectivity index is 2.89. The van der Waals surface area contributed by atoms with E-state index in [2.05, 4.69) is 28.0 Å². The molecule has 0 aliphatic carbocycles. The average molecular weight is 302 g/mol. The molecule has 0 aliphatic rings. The van der Waals surface area contributed by atoms with Gasteiger partial charge in [0.25, 0.3) is 0 Å². The molecule has 96 valence electrons. The van der Waals surface area contributed by atoms with Gasteiger partial charge in [-0.2, -0.15) is 5.10 Å². The lowest BCUT2D eigenvalue weighted by atomic mass is 10.1. The van der Waals surface area contributed by atoms with E-state index >= 15 is 0 Å². The molecule has 0 saturated heterocycles. The third-order valence-corrected chi connectivity index (χ3v) is 3.52. The van der Waals surface area contributed by atoms with Crippen molar-refractivity contribution in [2.45, 2.75) is 52.6 Å². The molecule has 0 radical (unpaired) electrons. The molecule has 1 rings (SSSR count). The van der Waals surface area contributed by atoms with Gasteiger partial charge in [0.15, 0.2) is 0 Å². The highest BCUT2D eigenvalue weighted by molar-refractivity contribution is 9.10. The summed E-state index contributed by atoms with van der Waals surface area (Å²) >= 11 is 3.53. The van der Waals surface area contributed by atoms with Gasteiger partial charge in [0.05, 0.1) is 15.9 Å². The van der Waals surface area contributed by atoms with Gasteiger partial charge in [0.1, 0.15) is 5.78 Å². The normalized spacial score (nSPS) is 12.8. The zero-order valence-corrected chi connectivity index (χ0v) is 12.2. The first kappa shape index (κ1) is 14.4. The van der Waals surface area contributed by atoms with E-state index < -0.39 is 0 Å². The number of hydrogen-bond donors (Lipinski definition) is 1. The van der Waals surface area contributed by atoms with Crippen LogP contribution in [0.3, 0.4) is 0 Å². The van der Waals surface area contributed by atoms with Crippen molar-refractivity contribution in [1.29, 1.82) is 0 Å². The van der Waals surface area contributed by atoms with E-state index in [0.29, 0.717) is 12.8 Å². The quantitative estimate of drug-likeness (QED) is 0.875. The van der Waals surface area contributed by atoms with E-state index in [0.717, 1.165) is 28.8 Å². The molecule has 0 aliphatic heterocycles. The van der Waals surface area contributed by atoms with Crippen molar-refractivity contribution in [2.24, 2.45) is 5.73 Å². The minimum absolute atomic E-state index is 0.0788. The summed E-state index contributed by atoms with van der Waals surface area (Å²) in [5.41, 5.74) is 7.61. The van der Waals surface area contributed by atoms with Gasteiger partial charge in [-0.1, -0.05) is 6.92 Å². The first-order valence-electron chi connectivity index (χ1n) is 6.00. The monoisotopic (exact) mass is 301 g/mol. The number of nitrogens with two attached hydrogens (primary N) is 1. The van der Waals surface area contributed by atoms with Gasteiger partial charge in [-0.25, -0.2) is 0 Å². The molecule has 17 heavy (non-hydrogen) atoms. The number of aromatic nitrogens is 2. The SMILES string of the molecule is CCc1nn(CC)c(CC(=O)CC(C)N)c1Br. The van der Waals surface area contributed by atoms with Crippen LogP contribution in [0.1, 0.15) is 38.6 Å². The van der Waals surface area contributed by atoms with Crippen molar-refractivity contribution in [3.05, 3.63) is 15.9 Å². The van der Waals surface area contributed by atoms with Crippen LogP contribution < -0.4 is 5.73 Å². The van der Waals surface area contributed by atoms with Crippen LogP contribution in [0.5, 0.6) is 0 Å². The Kier molecular flexibility index (Phi) is 5.33. The van der Waals surface area contributed by atoms with Gasteiger partial charge in [0.2, 0.25) is 0 Å². The largest absolute Gasteiger partial charge is 0.328 e. The summed E-state index contributed by atoms with van der Waals surface area (Å²) in [6, 6.07) is -0.0788. The van der Waals surface area contributed by atoms with Gasteiger partial charge in [-0.3, -0.25) is 9.48 Å². The number of carbonyl (C=O) groups is 1. The van der Waals surface area contributed by atoms with Crippen LogP contribution in [0, 0.1) is 0 Å². The molecule has 1 unspecified atom stereocenters. The fourth-order valence-electron chi connectivity index (χ4n) is 1.80. The number of rotatable bonds is 6. The van der Waals surface area contributed by atoms with E-state index in [1.165, 1.54) is 0 Å². The predicted octanol–water partition coefficient (Wildman–Crippen LogP) is 2.08. The molecule has 5 heteroatoms. The van der Waals surface area contributed by atoms with Crippen molar-refractivity contribution in [2.75, 3.05) is 0 Å². The summed E-state index contributed by atoms with van der Waals surface area (Å²) in [6.07, 6.45) is 1.69. The summed E-state index contributed by atoms with van der Waals surface area (Å²) in [5, 5.41) is 4.47. The van der Waals surface area contributed by atoms with Crippen LogP contribution in [-0.4, -0.2) is 21.6 Å². The summed E-state index contributed by atoms with van der Waals surface area (Å²) in [4.78, 5) is 11.8. The molecule has 1 atom stereocenters. The molecule has 0 amide bonds. The molecular formula is C12H20BrN3O. The minimum atomic E-state index is -0.0788. The lowest BCUT2D eigenvalue weighted by Crippen LogP contribution is -2.21. The molecule has 4 nitrogen and oxygen atoms in total. The van der Waals surface area contributed by atoms with Crippen molar-refractivity contribution in [3.8, 4) is 0 Å². The number of carbonyl (C=O) groups excluding carboxylic acids is 1. The van der Waals surface area contributed by atoms with Crippen LogP contribution >= 0.6 is 15.9 Å². The first-order chi connectivity index (χ1) is 7.99. The second-order valence-electron chi connectivity index (χ2n) is 4.27. The molecule has 1 aromatic rings. The predicted molar refractivity (Wildman–Crippen MR) is 72.0 cm³/mol. The molecule has 0 spiro atoms.